The van der Waals surface area contributed by atoms with Crippen molar-refractivity contribution >= 4 is 11.7 Å². The van der Waals surface area contributed by atoms with Crippen molar-refractivity contribution in [3.63, 3.8) is 0 Å². The molecule has 0 aromatic heterocycles. The van der Waals surface area contributed by atoms with Crippen LogP contribution in [0.3, 0.4) is 0 Å². The highest BCUT2D eigenvalue weighted by molar-refractivity contribution is 5.82. The van der Waals surface area contributed by atoms with Gasteiger partial charge in [-0.1, -0.05) is 54.6 Å². The molecular weight excluding hydrogens is 460 g/mol. The molecule has 5 heteroatoms. The lowest BCUT2D eigenvalue weighted by Crippen LogP contribution is -2.47. The van der Waals surface area contributed by atoms with E-state index >= 15 is 0 Å². The minimum Gasteiger partial charge on any atom is -0.497 e. The minimum atomic E-state index is -0.631. The van der Waals surface area contributed by atoms with Crippen LogP contribution in [0.5, 0.6) is 5.75 Å². The highest BCUT2D eigenvalue weighted by atomic mass is 16.5. The summed E-state index contributed by atoms with van der Waals surface area (Å²) in [6, 6.07) is 27.0. The normalized spacial score (nSPS) is 15.9. The van der Waals surface area contributed by atoms with Crippen LogP contribution in [0.25, 0.3) is 11.1 Å². The number of esters is 1. The monoisotopic (exact) mass is 500 g/mol. The Bertz CT molecular complexity index is 1160. The number of anilines is 1. The zero-order valence-electron chi connectivity index (χ0n) is 22.7. The van der Waals surface area contributed by atoms with Crippen molar-refractivity contribution in [3.8, 4) is 16.9 Å². The van der Waals surface area contributed by atoms with E-state index in [1.54, 1.807) is 7.11 Å². The molecule has 1 aliphatic heterocycles. The molecule has 1 atom stereocenters. The first-order valence-corrected chi connectivity index (χ1v) is 13.4. The number of hydrogen-bond acceptors (Lipinski definition) is 5. The lowest BCUT2D eigenvalue weighted by molar-refractivity contribution is -0.154. The van der Waals surface area contributed by atoms with Crippen molar-refractivity contribution in [1.29, 1.82) is 0 Å². The first-order chi connectivity index (χ1) is 17.9. The highest BCUT2D eigenvalue weighted by Crippen LogP contribution is 2.32. The van der Waals surface area contributed by atoms with Gasteiger partial charge in [-0.25, -0.2) is 0 Å². The third kappa shape index (κ3) is 6.72. The van der Waals surface area contributed by atoms with Crippen LogP contribution < -0.4 is 9.64 Å². The molecule has 4 rings (SSSR count). The second-order valence-electron chi connectivity index (χ2n) is 10.4. The molecule has 3 aromatic carbocycles. The van der Waals surface area contributed by atoms with E-state index in [1.807, 2.05) is 63.2 Å². The van der Waals surface area contributed by atoms with Crippen molar-refractivity contribution in [3.05, 3.63) is 84.4 Å². The number of methoxy groups -OCH3 is 1. The molecule has 1 saturated heterocycles. The van der Waals surface area contributed by atoms with Crippen LogP contribution in [0, 0.1) is 0 Å². The zero-order valence-corrected chi connectivity index (χ0v) is 22.7. The van der Waals surface area contributed by atoms with E-state index in [0.29, 0.717) is 0 Å². The van der Waals surface area contributed by atoms with Crippen molar-refractivity contribution in [2.24, 2.45) is 0 Å². The topological polar surface area (TPSA) is 42.0 Å². The molecule has 0 spiro atoms. The largest absolute Gasteiger partial charge is 0.497 e. The van der Waals surface area contributed by atoms with Gasteiger partial charge >= 0.3 is 5.97 Å². The van der Waals surface area contributed by atoms with E-state index in [1.165, 1.54) is 11.3 Å². The molecule has 0 saturated carbocycles. The van der Waals surface area contributed by atoms with E-state index < -0.39 is 5.41 Å². The average molecular weight is 501 g/mol. The van der Waals surface area contributed by atoms with E-state index in [2.05, 4.69) is 46.2 Å². The molecule has 1 aliphatic rings. The van der Waals surface area contributed by atoms with Gasteiger partial charge in [0.25, 0.3) is 0 Å². The summed E-state index contributed by atoms with van der Waals surface area (Å²) < 4.78 is 11.1. The number of piperazine rings is 1. The number of nitrogens with zero attached hydrogens (tertiary/aromatic N) is 2. The summed E-state index contributed by atoms with van der Waals surface area (Å²) in [7, 11) is 1.70. The van der Waals surface area contributed by atoms with E-state index in [-0.39, 0.29) is 12.1 Å². The fourth-order valence-corrected chi connectivity index (χ4v) is 5.09. The summed E-state index contributed by atoms with van der Waals surface area (Å²) >= 11 is 0. The van der Waals surface area contributed by atoms with Gasteiger partial charge in [0.2, 0.25) is 0 Å². The van der Waals surface area contributed by atoms with Gasteiger partial charge in [0.1, 0.15) is 5.75 Å². The van der Waals surface area contributed by atoms with Crippen LogP contribution in [0.1, 0.15) is 39.2 Å². The Kier molecular flexibility index (Phi) is 8.88. The Morgan fingerprint density at radius 3 is 2.24 bits per heavy atom. The second kappa shape index (κ2) is 12.3. The van der Waals surface area contributed by atoms with Gasteiger partial charge in [0.05, 0.1) is 18.6 Å². The number of carbonyl (C=O) groups excluding carboxylic acids is 1. The molecule has 1 fully saturated rings. The van der Waals surface area contributed by atoms with E-state index in [4.69, 9.17) is 9.47 Å². The van der Waals surface area contributed by atoms with Crippen LogP contribution in [0.4, 0.5) is 5.69 Å². The molecule has 0 radical (unpaired) electrons. The fraction of sp³-hybridized carbons (Fsp3) is 0.406. The number of ether oxygens (including phenoxy) is 2. The Labute approximate surface area is 222 Å². The molecule has 1 unspecified atom stereocenters. The van der Waals surface area contributed by atoms with Crippen LogP contribution in [0.2, 0.25) is 0 Å². The number of benzene rings is 3. The molecule has 3 aromatic rings. The highest BCUT2D eigenvalue weighted by Gasteiger charge is 2.37. The summed E-state index contributed by atoms with van der Waals surface area (Å²) in [5.41, 5.74) is 4.02. The first kappa shape index (κ1) is 26.7. The Morgan fingerprint density at radius 1 is 0.892 bits per heavy atom. The SMILES string of the molecule is COc1cccc(-c2cccc(N3CCN(CCCC(C)(C(=O)OC(C)C)c4ccccc4)CC3)c2)c1. The van der Waals surface area contributed by atoms with Gasteiger partial charge in [0, 0.05) is 31.9 Å². The zero-order chi connectivity index (χ0) is 26.3. The summed E-state index contributed by atoms with van der Waals surface area (Å²) in [4.78, 5) is 18.1. The van der Waals surface area contributed by atoms with Gasteiger partial charge in [-0.15, -0.1) is 0 Å². The van der Waals surface area contributed by atoms with Crippen molar-refractivity contribution < 1.29 is 14.3 Å². The molecule has 1 heterocycles. The average Bonchev–Trinajstić information content (AvgIpc) is 2.93. The smallest absolute Gasteiger partial charge is 0.316 e. The molecule has 0 amide bonds. The van der Waals surface area contributed by atoms with E-state index in [9.17, 15) is 4.79 Å². The third-order valence-electron chi connectivity index (χ3n) is 7.34. The number of rotatable bonds is 10. The van der Waals surface area contributed by atoms with Crippen molar-refractivity contribution in [2.75, 3.05) is 44.7 Å². The minimum absolute atomic E-state index is 0.119. The van der Waals surface area contributed by atoms with E-state index in [0.717, 1.165) is 62.4 Å². The number of carbonyl (C=O) groups is 1. The molecule has 0 N–H and O–H groups in total. The third-order valence-corrected chi connectivity index (χ3v) is 7.34. The Balaban J connectivity index is 1.33. The van der Waals surface area contributed by atoms with Crippen LogP contribution in [-0.4, -0.2) is 56.8 Å². The fourth-order valence-electron chi connectivity index (χ4n) is 5.09. The Morgan fingerprint density at radius 2 is 1.57 bits per heavy atom. The van der Waals surface area contributed by atoms with Gasteiger partial charge in [-0.05, 0) is 81.1 Å². The van der Waals surface area contributed by atoms with Crippen LogP contribution >= 0.6 is 0 Å². The molecule has 5 nitrogen and oxygen atoms in total. The molecule has 0 bridgehead atoms. The molecule has 196 valence electrons. The standard InChI is InChI=1S/C32H40N2O3/c1-25(2)37-31(35)32(3,28-13-6-5-7-14-28)17-10-18-33-19-21-34(22-20-33)29-15-8-11-26(23-29)27-12-9-16-30(24-27)36-4/h5-9,11-16,23-25H,10,17-22H2,1-4H3. The molecule has 37 heavy (non-hydrogen) atoms. The lowest BCUT2D eigenvalue weighted by Gasteiger charge is -2.37. The first-order valence-electron chi connectivity index (χ1n) is 13.4. The van der Waals surface area contributed by atoms with Crippen molar-refractivity contribution in [1.82, 2.24) is 4.90 Å². The summed E-state index contributed by atoms with van der Waals surface area (Å²) in [5, 5.41) is 0. The van der Waals surface area contributed by atoms with Crippen molar-refractivity contribution in [2.45, 2.75) is 45.1 Å². The van der Waals surface area contributed by atoms with Gasteiger partial charge < -0.3 is 14.4 Å². The summed E-state index contributed by atoms with van der Waals surface area (Å²) in [6.45, 7) is 10.9. The molecule has 0 aliphatic carbocycles. The maximum absolute atomic E-state index is 13.1. The summed E-state index contributed by atoms with van der Waals surface area (Å²) in [5.74, 6) is 0.742. The maximum Gasteiger partial charge on any atom is 0.316 e. The predicted molar refractivity (Wildman–Crippen MR) is 151 cm³/mol. The van der Waals surface area contributed by atoms with Gasteiger partial charge in [-0.2, -0.15) is 0 Å². The number of hydrogen-bond donors (Lipinski definition) is 0. The maximum atomic E-state index is 13.1. The summed E-state index contributed by atoms with van der Waals surface area (Å²) in [6.07, 6.45) is 1.60. The van der Waals surface area contributed by atoms with Crippen LogP contribution in [0.15, 0.2) is 78.9 Å². The second-order valence-corrected chi connectivity index (χ2v) is 10.4. The van der Waals surface area contributed by atoms with Crippen LogP contribution in [-0.2, 0) is 14.9 Å². The Hall–Kier alpha value is -3.31. The lowest BCUT2D eigenvalue weighted by atomic mass is 9.78. The predicted octanol–water partition coefficient (Wildman–Crippen LogP) is 6.17. The quantitative estimate of drug-likeness (QED) is 0.311. The van der Waals surface area contributed by atoms with Gasteiger partial charge in [-0.3, -0.25) is 9.69 Å². The molecular formula is C32H40N2O3. The van der Waals surface area contributed by atoms with Gasteiger partial charge in [0.15, 0.2) is 0 Å².